The van der Waals surface area contributed by atoms with Crippen LogP contribution in [0.5, 0.6) is 0 Å². The number of hydrogen-bond acceptors (Lipinski definition) is 0. The molecule has 141 valence electrons. The first-order valence-electron chi connectivity index (χ1n) is 7.80. The molecule has 0 saturated heterocycles. The van der Waals surface area contributed by atoms with E-state index < -0.39 is 0 Å². The Morgan fingerprint density at radius 3 is 1.26 bits per heavy atom. The molecule has 4 aromatic carbocycles. The van der Waals surface area contributed by atoms with Crippen molar-refractivity contribution in [1.82, 2.24) is 0 Å². The SMILES string of the molecule is Cc1cc2c(C)cccc2[cH-]1.Cc1cc2c(C)cccc2[cH-]1.Cl.Cl.[CH3-].[Si].[Zr+3]. The first kappa shape index (κ1) is 31.0. The summed E-state index contributed by atoms with van der Waals surface area (Å²) in [5, 5.41) is 5.51. The van der Waals surface area contributed by atoms with Crippen LogP contribution in [-0.2, 0) is 26.2 Å². The molecule has 0 spiro atoms. The van der Waals surface area contributed by atoms with Gasteiger partial charge in [0.2, 0.25) is 0 Å². The van der Waals surface area contributed by atoms with Crippen molar-refractivity contribution in [2.24, 2.45) is 0 Å². The Kier molecular flexibility index (Phi) is 15.5. The fourth-order valence-electron chi connectivity index (χ4n) is 3.08. The van der Waals surface area contributed by atoms with Gasteiger partial charge in [0.25, 0.3) is 0 Å². The van der Waals surface area contributed by atoms with E-state index in [1.54, 1.807) is 0 Å². The zero-order valence-electron chi connectivity index (χ0n) is 16.6. The van der Waals surface area contributed by atoms with E-state index in [2.05, 4.69) is 88.4 Å². The summed E-state index contributed by atoms with van der Waals surface area (Å²) in [5.74, 6) is 0. The molecular formula is C23H27Cl2SiZr. The molecule has 5 radical (unpaired) electrons. The van der Waals surface area contributed by atoms with Crippen molar-refractivity contribution in [1.29, 1.82) is 0 Å². The van der Waals surface area contributed by atoms with E-state index in [1.165, 1.54) is 43.8 Å². The first-order valence-corrected chi connectivity index (χ1v) is 7.80. The van der Waals surface area contributed by atoms with Crippen molar-refractivity contribution in [3.63, 3.8) is 0 Å². The fourth-order valence-corrected chi connectivity index (χ4v) is 3.08. The van der Waals surface area contributed by atoms with Gasteiger partial charge in [0.05, 0.1) is 0 Å². The third kappa shape index (κ3) is 7.35. The Bertz CT molecular complexity index is 860. The van der Waals surface area contributed by atoms with Crippen molar-refractivity contribution in [2.75, 3.05) is 0 Å². The van der Waals surface area contributed by atoms with Gasteiger partial charge in [-0.15, -0.1) is 93.9 Å². The first-order chi connectivity index (χ1) is 10.5. The maximum absolute atomic E-state index is 2.24. The maximum Gasteiger partial charge on any atom is 3.00 e. The quantitative estimate of drug-likeness (QED) is 0.179. The zero-order chi connectivity index (χ0) is 15.7. The van der Waals surface area contributed by atoms with Crippen molar-refractivity contribution < 1.29 is 26.2 Å². The van der Waals surface area contributed by atoms with E-state index in [4.69, 9.17) is 0 Å². The van der Waals surface area contributed by atoms with Crippen molar-refractivity contribution in [3.8, 4) is 0 Å². The van der Waals surface area contributed by atoms with E-state index in [9.17, 15) is 0 Å². The smallest absolute Gasteiger partial charge is 0.358 e. The molecule has 4 aromatic rings. The summed E-state index contributed by atoms with van der Waals surface area (Å²) >= 11 is 0. The van der Waals surface area contributed by atoms with Gasteiger partial charge in [-0.1, -0.05) is 37.1 Å². The van der Waals surface area contributed by atoms with E-state index in [0.29, 0.717) is 0 Å². The molecule has 0 bridgehead atoms. The molecule has 0 nitrogen and oxygen atoms in total. The van der Waals surface area contributed by atoms with Crippen LogP contribution in [0.2, 0.25) is 0 Å². The van der Waals surface area contributed by atoms with Crippen LogP contribution < -0.4 is 0 Å². The van der Waals surface area contributed by atoms with Crippen LogP contribution in [0, 0.1) is 35.1 Å². The average Bonchev–Trinajstić information content (AvgIpc) is 3.03. The third-order valence-electron chi connectivity index (χ3n) is 4.23. The Morgan fingerprint density at radius 2 is 0.963 bits per heavy atom. The van der Waals surface area contributed by atoms with Gasteiger partial charge in [-0.05, 0) is 13.8 Å². The van der Waals surface area contributed by atoms with Crippen LogP contribution in [0.4, 0.5) is 0 Å². The summed E-state index contributed by atoms with van der Waals surface area (Å²) < 4.78 is 0. The predicted octanol–water partition coefficient (Wildman–Crippen LogP) is 7.26. The van der Waals surface area contributed by atoms with Crippen LogP contribution in [-0.4, -0.2) is 11.0 Å². The Labute approximate surface area is 200 Å². The van der Waals surface area contributed by atoms with Gasteiger partial charge in [-0.2, -0.15) is 12.1 Å². The number of benzene rings is 2. The molecule has 0 unspecified atom stereocenters. The summed E-state index contributed by atoms with van der Waals surface area (Å²) in [7, 11) is 0. The monoisotopic (exact) mass is 491 g/mol. The third-order valence-corrected chi connectivity index (χ3v) is 4.23. The molecule has 0 aliphatic rings. The molecule has 0 aromatic heterocycles. The minimum Gasteiger partial charge on any atom is -0.358 e. The summed E-state index contributed by atoms with van der Waals surface area (Å²) in [6.45, 7) is 8.59. The summed E-state index contributed by atoms with van der Waals surface area (Å²) in [6.07, 6.45) is 0. The minimum atomic E-state index is 0. The standard InChI is InChI=1S/2C11H11.CH3.2ClH.Si.Zr/c2*1-8-6-10-5-3-4-9(2)11(10)7-8;;;;;/h2*3-7H,1-2H3;1H3;2*1H;;/q3*-1;;;;+3. The minimum absolute atomic E-state index is 0. The van der Waals surface area contributed by atoms with Gasteiger partial charge in [0.1, 0.15) is 0 Å². The Hall–Kier alpha value is -0.660. The second kappa shape index (κ2) is 13.5. The van der Waals surface area contributed by atoms with Gasteiger partial charge >= 0.3 is 26.2 Å². The molecule has 0 fully saturated rings. The van der Waals surface area contributed by atoms with Gasteiger partial charge in [0.15, 0.2) is 0 Å². The Morgan fingerprint density at radius 1 is 0.630 bits per heavy atom. The molecule has 0 aliphatic carbocycles. The molecule has 0 N–H and O–H groups in total. The summed E-state index contributed by atoms with van der Waals surface area (Å²) in [4.78, 5) is 0. The summed E-state index contributed by atoms with van der Waals surface area (Å²) in [6, 6.07) is 21.8. The maximum atomic E-state index is 2.24. The van der Waals surface area contributed by atoms with Gasteiger partial charge < -0.3 is 7.43 Å². The van der Waals surface area contributed by atoms with Crippen LogP contribution in [0.1, 0.15) is 22.3 Å². The van der Waals surface area contributed by atoms with E-state index >= 15 is 0 Å². The molecule has 4 heteroatoms. The molecule has 0 heterocycles. The fraction of sp³-hybridized carbons (Fsp3) is 0.174. The average molecular weight is 494 g/mol. The molecule has 27 heavy (non-hydrogen) atoms. The number of fused-ring (bicyclic) bond motifs is 2. The van der Waals surface area contributed by atoms with Crippen molar-refractivity contribution in [2.45, 2.75) is 27.7 Å². The van der Waals surface area contributed by atoms with Crippen molar-refractivity contribution in [3.05, 3.63) is 90.3 Å². The second-order valence-corrected chi connectivity index (χ2v) is 6.22. The van der Waals surface area contributed by atoms with Crippen LogP contribution in [0.25, 0.3) is 21.5 Å². The van der Waals surface area contributed by atoms with Gasteiger partial charge in [0, 0.05) is 11.0 Å². The molecule has 4 rings (SSSR count). The number of aryl methyl sites for hydroxylation is 4. The van der Waals surface area contributed by atoms with Crippen LogP contribution >= 0.6 is 24.8 Å². The van der Waals surface area contributed by atoms with Crippen LogP contribution in [0.15, 0.2) is 60.7 Å². The predicted molar refractivity (Wildman–Crippen MR) is 125 cm³/mol. The second-order valence-electron chi connectivity index (χ2n) is 6.22. The molecular weight excluding hydrogens is 466 g/mol. The van der Waals surface area contributed by atoms with E-state index in [1.807, 2.05) is 0 Å². The number of rotatable bonds is 0. The zero-order valence-corrected chi connectivity index (χ0v) is 21.7. The largest absolute Gasteiger partial charge is 3.00 e. The molecule has 0 amide bonds. The topological polar surface area (TPSA) is 0 Å². The van der Waals surface area contributed by atoms with E-state index in [-0.39, 0.29) is 69.4 Å². The van der Waals surface area contributed by atoms with Crippen LogP contribution in [0.3, 0.4) is 0 Å². The normalized spacial score (nSPS) is 8.74. The number of hydrogen-bond donors (Lipinski definition) is 0. The Balaban J connectivity index is -0.000000360. The van der Waals surface area contributed by atoms with Crippen molar-refractivity contribution >= 4 is 57.3 Å². The van der Waals surface area contributed by atoms with Gasteiger partial charge in [-0.25, -0.2) is 0 Å². The summed E-state index contributed by atoms with van der Waals surface area (Å²) in [5.41, 5.74) is 5.45. The molecule has 0 saturated carbocycles. The van der Waals surface area contributed by atoms with E-state index in [0.717, 1.165) is 0 Å². The molecule has 0 atom stereocenters. The number of halogens is 2. The van der Waals surface area contributed by atoms with Gasteiger partial charge in [-0.3, -0.25) is 0 Å². The molecule has 0 aliphatic heterocycles.